The average Bonchev–Trinajstić information content (AvgIpc) is 3.54. The third kappa shape index (κ3) is 4.04. The summed E-state index contributed by atoms with van der Waals surface area (Å²) in [6.07, 6.45) is 7.81. The van der Waals surface area contributed by atoms with E-state index in [4.69, 9.17) is 0 Å². The summed E-state index contributed by atoms with van der Waals surface area (Å²) in [4.78, 5) is 33.8. The van der Waals surface area contributed by atoms with Crippen molar-refractivity contribution in [2.24, 2.45) is 5.92 Å². The molecule has 1 aliphatic carbocycles. The van der Waals surface area contributed by atoms with E-state index in [0.29, 0.717) is 31.3 Å². The lowest BCUT2D eigenvalue weighted by molar-refractivity contribution is -0.137. The van der Waals surface area contributed by atoms with Gasteiger partial charge >= 0.3 is 6.03 Å². The van der Waals surface area contributed by atoms with Gasteiger partial charge in [-0.2, -0.15) is 5.10 Å². The Labute approximate surface area is 202 Å². The molecule has 5 rings (SSSR count). The fourth-order valence-corrected chi connectivity index (χ4v) is 6.15. The monoisotopic (exact) mass is 463 g/mol. The van der Waals surface area contributed by atoms with Crippen molar-refractivity contribution >= 4 is 11.9 Å². The predicted octanol–water partition coefficient (Wildman–Crippen LogP) is 3.58. The Morgan fingerprint density at radius 2 is 1.71 bits per heavy atom. The van der Waals surface area contributed by atoms with Gasteiger partial charge in [0, 0.05) is 50.7 Å². The molecule has 0 bridgehead atoms. The Morgan fingerprint density at radius 3 is 2.29 bits per heavy atom. The summed E-state index contributed by atoms with van der Waals surface area (Å²) in [5.41, 5.74) is 1.85. The van der Waals surface area contributed by atoms with Crippen LogP contribution in [0.15, 0.2) is 42.7 Å². The van der Waals surface area contributed by atoms with Gasteiger partial charge in [0.05, 0.1) is 0 Å². The van der Waals surface area contributed by atoms with Gasteiger partial charge in [-0.1, -0.05) is 38.1 Å². The number of urea groups is 1. The van der Waals surface area contributed by atoms with Crippen LogP contribution in [0.4, 0.5) is 4.79 Å². The minimum absolute atomic E-state index is 0.0415. The summed E-state index contributed by atoms with van der Waals surface area (Å²) < 4.78 is 1.98. The van der Waals surface area contributed by atoms with Gasteiger partial charge in [-0.3, -0.25) is 14.4 Å². The molecule has 182 valence electrons. The number of amides is 3. The highest BCUT2D eigenvalue weighted by Gasteiger charge is 2.59. The Balaban J connectivity index is 1.30. The summed E-state index contributed by atoms with van der Waals surface area (Å²) in [6.45, 7) is 9.73. The summed E-state index contributed by atoms with van der Waals surface area (Å²) in [7, 11) is 0. The van der Waals surface area contributed by atoms with Crippen molar-refractivity contribution in [3.63, 3.8) is 0 Å². The maximum Gasteiger partial charge on any atom is 0.327 e. The number of carbonyl (C=O) groups excluding carboxylic acids is 2. The molecule has 1 aromatic heterocycles. The highest BCUT2D eigenvalue weighted by atomic mass is 16.2. The Kier molecular flexibility index (Phi) is 6.23. The number of aryl methyl sites for hydroxylation is 1. The second-order valence-corrected chi connectivity index (χ2v) is 10.8. The number of fused-ring (bicyclic) bond motifs is 1. The lowest BCUT2D eigenvalue weighted by Crippen LogP contribution is -2.58. The first-order valence-corrected chi connectivity index (χ1v) is 12.8. The first-order valence-electron chi connectivity index (χ1n) is 12.8. The fraction of sp³-hybridized carbons (Fsp3) is 0.593. The van der Waals surface area contributed by atoms with E-state index < -0.39 is 5.54 Å². The van der Waals surface area contributed by atoms with E-state index in [1.54, 1.807) is 4.90 Å². The van der Waals surface area contributed by atoms with E-state index in [2.05, 4.69) is 42.9 Å². The normalized spacial score (nSPS) is 21.8. The van der Waals surface area contributed by atoms with Crippen LogP contribution in [0.2, 0.25) is 0 Å². The molecule has 2 saturated heterocycles. The number of rotatable bonds is 7. The summed E-state index contributed by atoms with van der Waals surface area (Å²) in [5.74, 6) is 0.361. The molecule has 0 radical (unpaired) electrons. The summed E-state index contributed by atoms with van der Waals surface area (Å²) in [6, 6.07) is 10.6. The number of carbonyl (C=O) groups is 2. The number of benzene rings is 1. The molecule has 7 nitrogen and oxygen atoms in total. The number of hydrogen-bond acceptors (Lipinski definition) is 4. The lowest BCUT2D eigenvalue weighted by atomic mass is 9.84. The molecule has 0 saturated carbocycles. The highest BCUT2D eigenvalue weighted by Crippen LogP contribution is 2.41. The minimum Gasteiger partial charge on any atom is -0.309 e. The quantitative estimate of drug-likeness (QED) is 0.589. The van der Waals surface area contributed by atoms with E-state index in [1.165, 1.54) is 11.1 Å². The van der Waals surface area contributed by atoms with Crippen LogP contribution in [0.3, 0.4) is 0 Å². The van der Waals surface area contributed by atoms with E-state index in [9.17, 15) is 9.59 Å². The molecule has 3 amide bonds. The van der Waals surface area contributed by atoms with Gasteiger partial charge in [0.25, 0.3) is 5.91 Å². The number of aromatic nitrogens is 2. The van der Waals surface area contributed by atoms with Crippen LogP contribution in [0.25, 0.3) is 0 Å². The van der Waals surface area contributed by atoms with Crippen LogP contribution < -0.4 is 0 Å². The third-order valence-corrected chi connectivity index (χ3v) is 8.10. The van der Waals surface area contributed by atoms with Crippen molar-refractivity contribution in [1.29, 1.82) is 0 Å². The molecule has 2 aromatic rings. The van der Waals surface area contributed by atoms with Gasteiger partial charge in [-0.15, -0.1) is 0 Å². The molecule has 1 spiro atoms. The Morgan fingerprint density at radius 1 is 1.03 bits per heavy atom. The molecule has 3 heterocycles. The molecule has 2 fully saturated rings. The topological polar surface area (TPSA) is 61.7 Å². The van der Waals surface area contributed by atoms with Crippen LogP contribution in [-0.2, 0) is 24.2 Å². The summed E-state index contributed by atoms with van der Waals surface area (Å²) >= 11 is 0. The fourth-order valence-electron chi connectivity index (χ4n) is 6.15. The molecule has 0 N–H and O–H groups in total. The largest absolute Gasteiger partial charge is 0.327 e. The van der Waals surface area contributed by atoms with E-state index in [-0.39, 0.29) is 18.0 Å². The zero-order valence-corrected chi connectivity index (χ0v) is 20.7. The van der Waals surface area contributed by atoms with Gasteiger partial charge < -0.3 is 9.80 Å². The minimum atomic E-state index is -0.686. The van der Waals surface area contributed by atoms with Crippen LogP contribution in [0.5, 0.6) is 0 Å². The molecule has 34 heavy (non-hydrogen) atoms. The van der Waals surface area contributed by atoms with Crippen molar-refractivity contribution in [3.8, 4) is 0 Å². The van der Waals surface area contributed by atoms with Crippen molar-refractivity contribution in [2.45, 2.75) is 77.0 Å². The molecule has 7 heteroatoms. The molecular weight excluding hydrogens is 426 g/mol. The number of piperidine rings is 1. The van der Waals surface area contributed by atoms with Crippen molar-refractivity contribution in [3.05, 3.63) is 53.9 Å². The van der Waals surface area contributed by atoms with Gasteiger partial charge in [-0.05, 0) is 62.1 Å². The van der Waals surface area contributed by atoms with E-state index in [0.717, 1.165) is 38.9 Å². The van der Waals surface area contributed by atoms with Crippen LogP contribution >= 0.6 is 0 Å². The standard InChI is InChI=1S/C27H37N5O2/c1-20(2)19-31-26(34)32(24-17-22-7-4-5-8-23(22)18-24)25(33)27(31)10-15-29(16-11-27)21(3)9-14-30-13-6-12-28-30/h4-8,12-13,20-21,24H,9-11,14-19H2,1-3H3. The number of imide groups is 1. The van der Waals surface area contributed by atoms with E-state index >= 15 is 0 Å². The van der Waals surface area contributed by atoms with Crippen LogP contribution in [-0.4, -0.2) is 73.7 Å². The number of likely N-dealkylation sites (tertiary alicyclic amines) is 1. The molecular formula is C27H37N5O2. The highest BCUT2D eigenvalue weighted by molar-refractivity contribution is 6.07. The second kappa shape index (κ2) is 9.17. The molecule has 1 unspecified atom stereocenters. The average molecular weight is 464 g/mol. The first-order chi connectivity index (χ1) is 16.4. The van der Waals surface area contributed by atoms with Gasteiger partial charge in [0.1, 0.15) is 5.54 Å². The maximum atomic E-state index is 14.0. The number of hydrogen-bond donors (Lipinski definition) is 0. The Bertz CT molecular complexity index is 1000. The molecule has 3 aliphatic rings. The van der Waals surface area contributed by atoms with Crippen molar-refractivity contribution in [2.75, 3.05) is 19.6 Å². The smallest absolute Gasteiger partial charge is 0.309 e. The zero-order chi connectivity index (χ0) is 23.9. The second-order valence-electron chi connectivity index (χ2n) is 10.8. The van der Waals surface area contributed by atoms with Crippen molar-refractivity contribution in [1.82, 2.24) is 24.5 Å². The summed E-state index contributed by atoms with van der Waals surface area (Å²) in [5, 5.41) is 4.31. The number of nitrogens with zero attached hydrogens (tertiary/aromatic N) is 5. The van der Waals surface area contributed by atoms with Gasteiger partial charge in [0.15, 0.2) is 0 Å². The third-order valence-electron chi connectivity index (χ3n) is 8.10. The molecule has 1 atom stereocenters. The van der Waals surface area contributed by atoms with Gasteiger partial charge in [-0.25, -0.2) is 4.79 Å². The predicted molar refractivity (Wildman–Crippen MR) is 131 cm³/mol. The first kappa shape index (κ1) is 23.1. The zero-order valence-electron chi connectivity index (χ0n) is 20.7. The maximum absolute atomic E-state index is 14.0. The van der Waals surface area contributed by atoms with E-state index in [1.807, 2.05) is 40.2 Å². The van der Waals surface area contributed by atoms with Gasteiger partial charge in [0.2, 0.25) is 0 Å². The Hall–Kier alpha value is -2.67. The lowest BCUT2D eigenvalue weighted by Gasteiger charge is -2.44. The van der Waals surface area contributed by atoms with Crippen LogP contribution in [0, 0.1) is 5.92 Å². The van der Waals surface area contributed by atoms with Crippen molar-refractivity contribution < 1.29 is 9.59 Å². The SMILES string of the molecule is CC(C)CN1C(=O)N(C2Cc3ccccc3C2)C(=O)C12CCN(C(C)CCn1cccn1)CC2. The van der Waals surface area contributed by atoms with Crippen LogP contribution in [0.1, 0.15) is 51.2 Å². The molecule has 1 aromatic carbocycles. The molecule has 2 aliphatic heterocycles.